The van der Waals surface area contributed by atoms with Gasteiger partial charge in [-0.3, -0.25) is 0 Å². The van der Waals surface area contributed by atoms with Crippen molar-refractivity contribution in [3.8, 4) is 5.75 Å². The van der Waals surface area contributed by atoms with Crippen molar-refractivity contribution in [1.29, 1.82) is 0 Å². The third kappa shape index (κ3) is 2.44. The van der Waals surface area contributed by atoms with Gasteiger partial charge in [0.15, 0.2) is 0 Å². The summed E-state index contributed by atoms with van der Waals surface area (Å²) >= 11 is 6.07. The Kier molecular flexibility index (Phi) is 4.04. The van der Waals surface area contributed by atoms with E-state index in [1.807, 2.05) is 19.1 Å². The molecule has 0 bridgehead atoms. The molecule has 0 spiro atoms. The molecule has 2 rings (SSSR count). The number of para-hydroxylation sites is 1. The van der Waals surface area contributed by atoms with E-state index >= 15 is 0 Å². The highest BCUT2D eigenvalue weighted by Gasteiger charge is 2.25. The zero-order chi connectivity index (χ0) is 14.0. The number of benzene rings is 1. The summed E-state index contributed by atoms with van der Waals surface area (Å²) in [7, 11) is 0. The number of fused-ring (bicyclic) bond motifs is 1. The standard InChI is InChI=1S/C15H21ClN2O/c1-5-15(3,4)18-11-8-7-9-12(19-6-2)14(11)17-13(18)10-16/h7-9H,5-6,10H2,1-4H3. The van der Waals surface area contributed by atoms with Gasteiger partial charge in [0.2, 0.25) is 0 Å². The summed E-state index contributed by atoms with van der Waals surface area (Å²) in [6, 6.07) is 6.05. The Hall–Kier alpha value is -1.22. The van der Waals surface area contributed by atoms with Crippen LogP contribution in [0.4, 0.5) is 0 Å². The zero-order valence-corrected chi connectivity index (χ0v) is 12.8. The maximum Gasteiger partial charge on any atom is 0.147 e. The normalized spacial score (nSPS) is 12.1. The molecule has 0 aliphatic carbocycles. The molecule has 19 heavy (non-hydrogen) atoms. The van der Waals surface area contributed by atoms with Gasteiger partial charge in [0, 0.05) is 5.54 Å². The second kappa shape index (κ2) is 5.41. The number of imidazole rings is 1. The Morgan fingerprint density at radius 3 is 2.63 bits per heavy atom. The highest BCUT2D eigenvalue weighted by Crippen LogP contribution is 2.32. The van der Waals surface area contributed by atoms with Crippen molar-refractivity contribution in [3.63, 3.8) is 0 Å². The van der Waals surface area contributed by atoms with E-state index in [4.69, 9.17) is 16.3 Å². The fourth-order valence-electron chi connectivity index (χ4n) is 2.32. The van der Waals surface area contributed by atoms with Crippen molar-refractivity contribution in [1.82, 2.24) is 9.55 Å². The average molecular weight is 281 g/mol. The molecule has 0 unspecified atom stereocenters. The fraction of sp³-hybridized carbons (Fsp3) is 0.533. The number of hydrogen-bond acceptors (Lipinski definition) is 2. The number of rotatable bonds is 5. The molecule has 0 atom stereocenters. The Morgan fingerprint density at radius 1 is 1.32 bits per heavy atom. The van der Waals surface area contributed by atoms with Gasteiger partial charge in [-0.25, -0.2) is 4.98 Å². The molecule has 0 aliphatic heterocycles. The molecule has 1 aromatic carbocycles. The van der Waals surface area contributed by atoms with Gasteiger partial charge in [-0.15, -0.1) is 11.6 Å². The Morgan fingerprint density at radius 2 is 2.05 bits per heavy atom. The van der Waals surface area contributed by atoms with Crippen LogP contribution in [-0.4, -0.2) is 16.2 Å². The van der Waals surface area contributed by atoms with Gasteiger partial charge >= 0.3 is 0 Å². The second-order valence-corrected chi connectivity index (χ2v) is 5.49. The molecule has 0 amide bonds. The number of ether oxygens (including phenoxy) is 1. The lowest BCUT2D eigenvalue weighted by Crippen LogP contribution is -2.26. The first-order valence-electron chi connectivity index (χ1n) is 6.74. The van der Waals surface area contributed by atoms with E-state index in [9.17, 15) is 0 Å². The maximum atomic E-state index is 6.07. The van der Waals surface area contributed by atoms with Crippen molar-refractivity contribution in [2.24, 2.45) is 0 Å². The number of alkyl halides is 1. The molecule has 0 aliphatic rings. The molecule has 4 heteroatoms. The molecule has 2 aromatic rings. The highest BCUT2D eigenvalue weighted by molar-refractivity contribution is 6.16. The van der Waals surface area contributed by atoms with Crippen LogP contribution in [-0.2, 0) is 11.4 Å². The van der Waals surface area contributed by atoms with Crippen molar-refractivity contribution in [2.45, 2.75) is 45.5 Å². The minimum absolute atomic E-state index is 0.0101. The molecule has 0 saturated carbocycles. The quantitative estimate of drug-likeness (QED) is 0.763. The number of aromatic nitrogens is 2. The largest absolute Gasteiger partial charge is 0.492 e. The van der Waals surface area contributed by atoms with E-state index in [-0.39, 0.29) is 5.54 Å². The predicted molar refractivity (Wildman–Crippen MR) is 80.1 cm³/mol. The van der Waals surface area contributed by atoms with Crippen molar-refractivity contribution >= 4 is 22.6 Å². The third-order valence-electron chi connectivity index (χ3n) is 3.61. The molecule has 0 radical (unpaired) electrons. The molecule has 3 nitrogen and oxygen atoms in total. The maximum absolute atomic E-state index is 6.07. The van der Waals surface area contributed by atoms with E-state index in [0.29, 0.717) is 12.5 Å². The van der Waals surface area contributed by atoms with Gasteiger partial charge in [-0.05, 0) is 39.3 Å². The first-order chi connectivity index (χ1) is 9.05. The van der Waals surface area contributed by atoms with Gasteiger partial charge in [0.05, 0.1) is 18.0 Å². The molecule has 1 aromatic heterocycles. The minimum Gasteiger partial charge on any atom is -0.492 e. The lowest BCUT2D eigenvalue weighted by atomic mass is 10.0. The summed E-state index contributed by atoms with van der Waals surface area (Å²) in [5.74, 6) is 2.14. The van der Waals surface area contributed by atoms with Gasteiger partial charge in [-0.2, -0.15) is 0 Å². The smallest absolute Gasteiger partial charge is 0.147 e. The van der Waals surface area contributed by atoms with Crippen LogP contribution in [0.25, 0.3) is 11.0 Å². The van der Waals surface area contributed by atoms with Gasteiger partial charge < -0.3 is 9.30 Å². The average Bonchev–Trinajstić information content (AvgIpc) is 2.79. The lowest BCUT2D eigenvalue weighted by Gasteiger charge is -2.27. The summed E-state index contributed by atoms with van der Waals surface area (Å²) in [5.41, 5.74) is 1.99. The Bertz CT molecular complexity index is 575. The summed E-state index contributed by atoms with van der Waals surface area (Å²) in [6.07, 6.45) is 1.02. The topological polar surface area (TPSA) is 27.1 Å². The first-order valence-corrected chi connectivity index (χ1v) is 7.28. The first kappa shape index (κ1) is 14.2. The number of nitrogens with zero attached hydrogens (tertiary/aromatic N) is 2. The SMILES string of the molecule is CCOc1cccc2c1nc(CCl)n2C(C)(C)CC. The number of hydrogen-bond donors (Lipinski definition) is 0. The fourth-order valence-corrected chi connectivity index (χ4v) is 2.50. The highest BCUT2D eigenvalue weighted by atomic mass is 35.5. The molecule has 0 fully saturated rings. The summed E-state index contributed by atoms with van der Waals surface area (Å²) < 4.78 is 7.89. The monoisotopic (exact) mass is 280 g/mol. The van der Waals surface area contributed by atoms with Crippen LogP contribution in [0, 0.1) is 0 Å². The Balaban J connectivity index is 2.72. The lowest BCUT2D eigenvalue weighted by molar-refractivity contribution is 0.342. The third-order valence-corrected chi connectivity index (χ3v) is 3.85. The minimum atomic E-state index is -0.0101. The van der Waals surface area contributed by atoms with E-state index < -0.39 is 0 Å². The van der Waals surface area contributed by atoms with Crippen molar-refractivity contribution < 1.29 is 4.74 Å². The van der Waals surface area contributed by atoms with Crippen LogP contribution < -0.4 is 4.74 Å². The van der Waals surface area contributed by atoms with Crippen molar-refractivity contribution in [2.75, 3.05) is 6.61 Å². The zero-order valence-electron chi connectivity index (χ0n) is 12.0. The van der Waals surface area contributed by atoms with E-state index in [1.54, 1.807) is 0 Å². The van der Waals surface area contributed by atoms with Crippen LogP contribution in [0.1, 0.15) is 39.9 Å². The second-order valence-electron chi connectivity index (χ2n) is 5.22. The number of halogens is 1. The van der Waals surface area contributed by atoms with E-state index in [1.165, 1.54) is 0 Å². The summed E-state index contributed by atoms with van der Waals surface area (Å²) in [5, 5.41) is 0. The summed E-state index contributed by atoms with van der Waals surface area (Å²) in [6.45, 7) is 9.21. The molecule has 0 N–H and O–H groups in total. The molecule has 1 heterocycles. The molecular formula is C15H21ClN2O. The van der Waals surface area contributed by atoms with Crippen LogP contribution in [0.15, 0.2) is 18.2 Å². The van der Waals surface area contributed by atoms with Gasteiger partial charge in [-0.1, -0.05) is 13.0 Å². The molecular weight excluding hydrogens is 260 g/mol. The molecule has 0 saturated heterocycles. The van der Waals surface area contributed by atoms with Crippen LogP contribution in [0.2, 0.25) is 0 Å². The van der Waals surface area contributed by atoms with Crippen molar-refractivity contribution in [3.05, 3.63) is 24.0 Å². The van der Waals surface area contributed by atoms with E-state index in [0.717, 1.165) is 29.0 Å². The summed E-state index contributed by atoms with van der Waals surface area (Å²) in [4.78, 5) is 4.67. The van der Waals surface area contributed by atoms with Crippen LogP contribution in [0.3, 0.4) is 0 Å². The van der Waals surface area contributed by atoms with Crippen LogP contribution >= 0.6 is 11.6 Å². The molecule has 104 valence electrons. The van der Waals surface area contributed by atoms with E-state index in [2.05, 4.69) is 36.4 Å². The van der Waals surface area contributed by atoms with Gasteiger partial charge in [0.1, 0.15) is 17.1 Å². The predicted octanol–water partition coefficient (Wildman–Crippen LogP) is 4.32. The Labute approximate surface area is 119 Å². The van der Waals surface area contributed by atoms with Crippen LogP contribution in [0.5, 0.6) is 5.75 Å². The van der Waals surface area contributed by atoms with Gasteiger partial charge in [0.25, 0.3) is 0 Å².